The number of methoxy groups -OCH3 is 1. The lowest BCUT2D eigenvalue weighted by Gasteiger charge is -2.05. The van der Waals surface area contributed by atoms with Crippen molar-refractivity contribution in [3.63, 3.8) is 0 Å². The Bertz CT molecular complexity index is 825. The number of anilines is 2. The summed E-state index contributed by atoms with van der Waals surface area (Å²) >= 11 is 1.07. The van der Waals surface area contributed by atoms with Crippen LogP contribution in [0.15, 0.2) is 24.3 Å². The Morgan fingerprint density at radius 2 is 1.73 bits per heavy atom. The van der Waals surface area contributed by atoms with Gasteiger partial charge in [0.15, 0.2) is 0 Å². The molecule has 0 aliphatic rings. The number of carbonyl (C=O) groups is 3. The first-order chi connectivity index (χ1) is 12.4. The van der Waals surface area contributed by atoms with E-state index in [9.17, 15) is 14.4 Å². The fraction of sp³-hybridized carbons (Fsp3) is 0.316. The zero-order chi connectivity index (χ0) is 19.3. The van der Waals surface area contributed by atoms with Crippen LogP contribution in [0, 0.1) is 13.8 Å². The molecule has 2 rings (SSSR count). The predicted octanol–water partition coefficient (Wildman–Crippen LogP) is 4.14. The first-order valence-corrected chi connectivity index (χ1v) is 9.08. The maximum absolute atomic E-state index is 12.6. The van der Waals surface area contributed by atoms with Crippen molar-refractivity contribution in [3.8, 4) is 0 Å². The average molecular weight is 374 g/mol. The topological polar surface area (TPSA) is 84.5 Å². The summed E-state index contributed by atoms with van der Waals surface area (Å²) in [5.74, 6) is -1.12. The second-order valence-corrected chi connectivity index (χ2v) is 6.89. The number of carbonyl (C=O) groups excluding carboxylic acids is 3. The third-order valence-electron chi connectivity index (χ3n) is 3.78. The molecule has 0 atom stereocenters. The van der Waals surface area contributed by atoms with Gasteiger partial charge in [-0.05, 0) is 38.0 Å². The van der Waals surface area contributed by atoms with Gasteiger partial charge in [0.05, 0.1) is 17.6 Å². The fourth-order valence-corrected chi connectivity index (χ4v) is 3.51. The summed E-state index contributed by atoms with van der Waals surface area (Å²) in [5.41, 5.74) is 2.45. The first-order valence-electron chi connectivity index (χ1n) is 8.27. The third-order valence-corrected chi connectivity index (χ3v) is 4.99. The lowest BCUT2D eigenvalue weighted by Crippen LogP contribution is -2.14. The van der Waals surface area contributed by atoms with Gasteiger partial charge >= 0.3 is 5.97 Å². The third kappa shape index (κ3) is 4.49. The van der Waals surface area contributed by atoms with Crippen LogP contribution in [0.2, 0.25) is 0 Å². The predicted molar refractivity (Wildman–Crippen MR) is 103 cm³/mol. The molecule has 0 unspecified atom stereocenters. The van der Waals surface area contributed by atoms with Crippen LogP contribution < -0.4 is 10.6 Å². The summed E-state index contributed by atoms with van der Waals surface area (Å²) in [4.78, 5) is 37.1. The minimum absolute atomic E-state index is 0.204. The van der Waals surface area contributed by atoms with Gasteiger partial charge in [0.1, 0.15) is 5.00 Å². The molecule has 2 amide bonds. The SMILES string of the molecule is CCCC(=O)Nc1sc(C(=O)Nc2ccc(C)cc2)c(C)c1C(=O)OC. The molecule has 138 valence electrons. The van der Waals surface area contributed by atoms with Crippen LogP contribution in [-0.4, -0.2) is 24.9 Å². The molecule has 0 aliphatic heterocycles. The van der Waals surface area contributed by atoms with Gasteiger partial charge in [0.2, 0.25) is 5.91 Å². The fourth-order valence-electron chi connectivity index (χ4n) is 2.41. The van der Waals surface area contributed by atoms with E-state index in [1.54, 1.807) is 19.1 Å². The molecule has 1 aromatic heterocycles. The molecule has 0 spiro atoms. The molecule has 0 fully saturated rings. The number of esters is 1. The molecule has 0 aliphatic carbocycles. The van der Waals surface area contributed by atoms with Crippen LogP contribution in [-0.2, 0) is 9.53 Å². The number of rotatable bonds is 6. The van der Waals surface area contributed by atoms with E-state index >= 15 is 0 Å². The standard InChI is InChI=1S/C19H22N2O4S/c1-5-6-14(22)21-18-15(19(24)25-4)12(3)16(26-18)17(23)20-13-9-7-11(2)8-10-13/h7-10H,5-6H2,1-4H3,(H,20,23)(H,21,22). The Morgan fingerprint density at radius 1 is 1.08 bits per heavy atom. The molecule has 26 heavy (non-hydrogen) atoms. The number of ether oxygens (including phenoxy) is 1. The van der Waals surface area contributed by atoms with E-state index < -0.39 is 5.97 Å². The zero-order valence-corrected chi connectivity index (χ0v) is 16.1. The van der Waals surface area contributed by atoms with E-state index in [4.69, 9.17) is 4.74 Å². The summed E-state index contributed by atoms with van der Waals surface area (Å²) in [6, 6.07) is 7.41. The van der Waals surface area contributed by atoms with Crippen LogP contribution >= 0.6 is 11.3 Å². The van der Waals surface area contributed by atoms with Crippen molar-refractivity contribution in [3.05, 3.63) is 45.8 Å². The maximum atomic E-state index is 12.6. The van der Waals surface area contributed by atoms with Gasteiger partial charge in [-0.25, -0.2) is 4.79 Å². The summed E-state index contributed by atoms with van der Waals surface area (Å²) in [7, 11) is 1.27. The first kappa shape index (κ1) is 19.7. The second kappa shape index (κ2) is 8.62. The number of benzene rings is 1. The normalized spacial score (nSPS) is 10.3. The highest BCUT2D eigenvalue weighted by atomic mass is 32.1. The lowest BCUT2D eigenvalue weighted by molar-refractivity contribution is -0.116. The Kier molecular flexibility index (Phi) is 6.52. The number of thiophene rings is 1. The largest absolute Gasteiger partial charge is 0.465 e. The molecule has 1 aromatic carbocycles. The van der Waals surface area contributed by atoms with Gasteiger partial charge in [-0.1, -0.05) is 24.6 Å². The summed E-state index contributed by atoms with van der Waals surface area (Å²) in [6.07, 6.45) is 1.02. The van der Waals surface area contributed by atoms with Crippen LogP contribution in [0.3, 0.4) is 0 Å². The van der Waals surface area contributed by atoms with Crippen molar-refractivity contribution < 1.29 is 19.1 Å². The number of hydrogen-bond donors (Lipinski definition) is 2. The maximum Gasteiger partial charge on any atom is 0.341 e. The lowest BCUT2D eigenvalue weighted by atomic mass is 10.1. The van der Waals surface area contributed by atoms with Crippen LogP contribution in [0.4, 0.5) is 10.7 Å². The molecule has 0 saturated heterocycles. The minimum Gasteiger partial charge on any atom is -0.465 e. The van der Waals surface area contributed by atoms with Gasteiger partial charge in [0, 0.05) is 12.1 Å². The van der Waals surface area contributed by atoms with Crippen molar-refractivity contribution >= 4 is 39.8 Å². The van der Waals surface area contributed by atoms with Gasteiger partial charge < -0.3 is 15.4 Å². The number of amides is 2. The molecule has 1 heterocycles. The van der Waals surface area contributed by atoms with Crippen molar-refractivity contribution in [1.82, 2.24) is 0 Å². The van der Waals surface area contributed by atoms with Crippen LogP contribution in [0.5, 0.6) is 0 Å². The second-order valence-electron chi connectivity index (χ2n) is 5.87. The van der Waals surface area contributed by atoms with E-state index in [0.717, 1.165) is 16.9 Å². The number of nitrogens with one attached hydrogen (secondary N) is 2. The monoisotopic (exact) mass is 374 g/mol. The van der Waals surface area contributed by atoms with Gasteiger partial charge in [-0.15, -0.1) is 11.3 Å². The van der Waals surface area contributed by atoms with E-state index in [0.29, 0.717) is 34.0 Å². The van der Waals surface area contributed by atoms with Gasteiger partial charge in [-0.3, -0.25) is 9.59 Å². The molecule has 2 aromatic rings. The number of aryl methyl sites for hydroxylation is 1. The molecular weight excluding hydrogens is 352 g/mol. The molecule has 0 radical (unpaired) electrons. The highest BCUT2D eigenvalue weighted by Crippen LogP contribution is 2.34. The molecule has 2 N–H and O–H groups in total. The van der Waals surface area contributed by atoms with Gasteiger partial charge in [-0.2, -0.15) is 0 Å². The van der Waals surface area contributed by atoms with E-state index in [1.807, 2.05) is 26.0 Å². The van der Waals surface area contributed by atoms with E-state index in [2.05, 4.69) is 10.6 Å². The van der Waals surface area contributed by atoms with Crippen LogP contribution in [0.25, 0.3) is 0 Å². The molecule has 6 nitrogen and oxygen atoms in total. The van der Waals surface area contributed by atoms with Gasteiger partial charge in [0.25, 0.3) is 5.91 Å². The Hall–Kier alpha value is -2.67. The number of hydrogen-bond acceptors (Lipinski definition) is 5. The Morgan fingerprint density at radius 3 is 2.31 bits per heavy atom. The molecular formula is C19H22N2O4S. The Balaban J connectivity index is 2.33. The van der Waals surface area contributed by atoms with Crippen molar-refractivity contribution in [1.29, 1.82) is 0 Å². The van der Waals surface area contributed by atoms with Crippen molar-refractivity contribution in [2.75, 3.05) is 17.7 Å². The highest BCUT2D eigenvalue weighted by molar-refractivity contribution is 7.18. The van der Waals surface area contributed by atoms with Crippen molar-refractivity contribution in [2.24, 2.45) is 0 Å². The molecule has 0 bridgehead atoms. The summed E-state index contributed by atoms with van der Waals surface area (Å²) < 4.78 is 4.81. The highest BCUT2D eigenvalue weighted by Gasteiger charge is 2.26. The quantitative estimate of drug-likeness (QED) is 0.744. The van der Waals surface area contributed by atoms with E-state index in [1.165, 1.54) is 7.11 Å². The Labute approximate surface area is 156 Å². The van der Waals surface area contributed by atoms with Crippen molar-refractivity contribution in [2.45, 2.75) is 33.6 Å². The molecule has 0 saturated carbocycles. The molecule has 7 heteroatoms. The smallest absolute Gasteiger partial charge is 0.341 e. The summed E-state index contributed by atoms with van der Waals surface area (Å²) in [6.45, 7) is 5.52. The van der Waals surface area contributed by atoms with E-state index in [-0.39, 0.29) is 17.4 Å². The minimum atomic E-state index is -0.583. The zero-order valence-electron chi connectivity index (χ0n) is 15.3. The average Bonchev–Trinajstić information content (AvgIpc) is 2.92. The van der Waals surface area contributed by atoms with Crippen LogP contribution in [0.1, 0.15) is 50.9 Å². The summed E-state index contributed by atoms with van der Waals surface area (Å²) in [5, 5.41) is 5.86.